The van der Waals surface area contributed by atoms with Gasteiger partial charge < -0.3 is 10.0 Å². The van der Waals surface area contributed by atoms with Crippen LogP contribution in [0.5, 0.6) is 0 Å². The molecule has 2 heterocycles. The molecule has 7 nitrogen and oxygen atoms in total. The topological polar surface area (TPSA) is 88.3 Å². The maximum absolute atomic E-state index is 13.0. The summed E-state index contributed by atoms with van der Waals surface area (Å²) in [5, 5.41) is 18.3. The molecule has 0 saturated heterocycles. The Labute approximate surface area is 192 Å². The van der Waals surface area contributed by atoms with Crippen LogP contribution in [-0.4, -0.2) is 44.4 Å². The number of aliphatic hydroxyl groups excluding tert-OH is 1. The zero-order valence-electron chi connectivity index (χ0n) is 18.0. The number of carbonyl (C=O) groups excluding carboxylic acids is 2. The molecule has 1 amide bonds. The lowest BCUT2D eigenvalue weighted by Crippen LogP contribution is -2.50. The van der Waals surface area contributed by atoms with Crippen LogP contribution in [0.2, 0.25) is 0 Å². The first-order valence-electron chi connectivity index (χ1n) is 10.9. The molecule has 1 fully saturated rings. The smallest absolute Gasteiger partial charge is 0.376 e. The second-order valence-corrected chi connectivity index (χ2v) is 8.74. The lowest BCUT2D eigenvalue weighted by Gasteiger charge is -2.36. The fourth-order valence-electron chi connectivity index (χ4n) is 4.32. The third kappa shape index (κ3) is 4.09. The number of fused-ring (bicyclic) bond motifs is 1. The number of alkyl halides is 3. The Morgan fingerprint density at radius 2 is 1.88 bits per heavy atom. The maximum atomic E-state index is 13.0. The van der Waals surface area contributed by atoms with E-state index in [4.69, 9.17) is 0 Å². The Balaban J connectivity index is 1.41. The molecule has 1 saturated carbocycles. The van der Waals surface area contributed by atoms with Crippen molar-refractivity contribution >= 4 is 17.4 Å². The van der Waals surface area contributed by atoms with E-state index in [1.54, 1.807) is 30.5 Å². The van der Waals surface area contributed by atoms with Crippen LogP contribution in [0.1, 0.15) is 40.7 Å². The number of amides is 1. The normalized spacial score (nSPS) is 18.7. The van der Waals surface area contributed by atoms with Crippen LogP contribution in [0.4, 0.5) is 18.9 Å². The Morgan fingerprint density at radius 3 is 2.59 bits per heavy atom. The van der Waals surface area contributed by atoms with Crippen molar-refractivity contribution in [2.24, 2.45) is 5.92 Å². The fourth-order valence-corrected chi connectivity index (χ4v) is 4.32. The Morgan fingerprint density at radius 1 is 1.09 bits per heavy atom. The lowest BCUT2D eigenvalue weighted by atomic mass is 9.84. The Kier molecular flexibility index (Phi) is 5.47. The first kappa shape index (κ1) is 22.3. The van der Waals surface area contributed by atoms with Gasteiger partial charge in [0, 0.05) is 17.7 Å². The van der Waals surface area contributed by atoms with Crippen LogP contribution in [0.15, 0.2) is 48.7 Å². The molecular formula is C24H21F3N4O3. The molecule has 34 heavy (non-hydrogen) atoms. The SMILES string of the molecule is O=C1c2cc(-c3cn(Cc4cccc(C(F)(F)F)c4)nn3)ccc2N(CC2CCC2)C(=O)C1O. The van der Waals surface area contributed by atoms with Gasteiger partial charge in [0.15, 0.2) is 6.10 Å². The maximum Gasteiger partial charge on any atom is 0.416 e. The molecule has 176 valence electrons. The average molecular weight is 470 g/mol. The number of halogens is 3. The minimum atomic E-state index is -4.43. The van der Waals surface area contributed by atoms with E-state index in [1.165, 1.54) is 15.6 Å². The Bertz CT molecular complexity index is 1270. The van der Waals surface area contributed by atoms with E-state index in [0.29, 0.717) is 35.0 Å². The summed E-state index contributed by atoms with van der Waals surface area (Å²) in [5.41, 5.74) is 1.34. The van der Waals surface area contributed by atoms with Gasteiger partial charge in [0.2, 0.25) is 5.78 Å². The van der Waals surface area contributed by atoms with Gasteiger partial charge in [-0.1, -0.05) is 29.8 Å². The second-order valence-electron chi connectivity index (χ2n) is 8.74. The molecule has 2 aliphatic rings. The number of hydrogen-bond donors (Lipinski definition) is 1. The van der Waals surface area contributed by atoms with Crippen molar-refractivity contribution in [2.75, 3.05) is 11.4 Å². The van der Waals surface area contributed by atoms with Gasteiger partial charge in [0.25, 0.3) is 5.91 Å². The van der Waals surface area contributed by atoms with E-state index in [2.05, 4.69) is 10.3 Å². The predicted octanol–water partition coefficient (Wildman–Crippen LogP) is 3.70. The fraction of sp³-hybridized carbons (Fsp3) is 0.333. The van der Waals surface area contributed by atoms with E-state index in [0.717, 1.165) is 31.4 Å². The second kappa shape index (κ2) is 8.35. The van der Waals surface area contributed by atoms with Crippen molar-refractivity contribution < 1.29 is 27.9 Å². The summed E-state index contributed by atoms with van der Waals surface area (Å²) in [5.74, 6) is -0.917. The number of aliphatic hydroxyl groups is 1. The van der Waals surface area contributed by atoms with Crippen molar-refractivity contribution in [3.63, 3.8) is 0 Å². The molecule has 1 aliphatic heterocycles. The highest BCUT2D eigenvalue weighted by atomic mass is 19.4. The third-order valence-corrected chi connectivity index (χ3v) is 6.40. The minimum Gasteiger partial charge on any atom is -0.376 e. The molecular weight excluding hydrogens is 449 g/mol. The zero-order chi connectivity index (χ0) is 24.0. The number of benzene rings is 2. The van der Waals surface area contributed by atoms with Crippen molar-refractivity contribution in [1.29, 1.82) is 0 Å². The number of ketones is 1. The van der Waals surface area contributed by atoms with E-state index < -0.39 is 29.5 Å². The first-order chi connectivity index (χ1) is 16.2. The number of anilines is 1. The highest BCUT2D eigenvalue weighted by Crippen LogP contribution is 2.35. The monoisotopic (exact) mass is 470 g/mol. The standard InChI is InChI=1S/C24H21F3N4O3/c25-24(26,27)17-6-2-5-15(9-17)11-30-13-19(28-29-30)16-7-8-20-18(10-16)21(32)22(33)23(34)31(20)12-14-3-1-4-14/h2,5-10,13-14,22,33H,1,3-4,11-12H2. The number of nitrogens with zero attached hydrogens (tertiary/aromatic N) is 4. The molecule has 1 N–H and O–H groups in total. The van der Waals surface area contributed by atoms with Crippen LogP contribution in [0, 0.1) is 5.92 Å². The third-order valence-electron chi connectivity index (χ3n) is 6.40. The van der Waals surface area contributed by atoms with Gasteiger partial charge in [-0.05, 0) is 48.6 Å². The Hall–Kier alpha value is -3.53. The summed E-state index contributed by atoms with van der Waals surface area (Å²) < 4.78 is 40.3. The molecule has 1 aliphatic carbocycles. The van der Waals surface area contributed by atoms with E-state index >= 15 is 0 Å². The predicted molar refractivity (Wildman–Crippen MR) is 116 cm³/mol. The molecule has 3 aromatic rings. The minimum absolute atomic E-state index is 0.0865. The highest BCUT2D eigenvalue weighted by Gasteiger charge is 2.39. The zero-order valence-corrected chi connectivity index (χ0v) is 18.0. The van der Waals surface area contributed by atoms with Crippen LogP contribution in [0.25, 0.3) is 11.3 Å². The number of aromatic nitrogens is 3. The van der Waals surface area contributed by atoms with Gasteiger partial charge in [-0.3, -0.25) is 9.59 Å². The summed E-state index contributed by atoms with van der Waals surface area (Å²) in [6.07, 6.45) is -1.47. The average Bonchev–Trinajstić information content (AvgIpc) is 3.24. The van der Waals surface area contributed by atoms with Gasteiger partial charge in [0.05, 0.1) is 24.0 Å². The lowest BCUT2D eigenvalue weighted by molar-refractivity contribution is -0.137. The van der Waals surface area contributed by atoms with Gasteiger partial charge in [-0.2, -0.15) is 13.2 Å². The molecule has 0 spiro atoms. The van der Waals surface area contributed by atoms with E-state index in [-0.39, 0.29) is 12.1 Å². The van der Waals surface area contributed by atoms with Gasteiger partial charge in [0.1, 0.15) is 5.69 Å². The molecule has 1 unspecified atom stereocenters. The summed E-state index contributed by atoms with van der Waals surface area (Å²) >= 11 is 0. The summed E-state index contributed by atoms with van der Waals surface area (Å²) in [4.78, 5) is 26.7. The number of Topliss-reactive ketones (excluding diaryl/α,β-unsaturated/α-hetero) is 1. The van der Waals surface area contributed by atoms with Crippen LogP contribution in [-0.2, 0) is 17.5 Å². The van der Waals surface area contributed by atoms with E-state index in [1.807, 2.05) is 0 Å². The van der Waals surface area contributed by atoms with Crippen molar-refractivity contribution in [3.05, 3.63) is 65.4 Å². The number of hydrogen-bond acceptors (Lipinski definition) is 5. The quantitative estimate of drug-likeness (QED) is 0.575. The van der Waals surface area contributed by atoms with E-state index in [9.17, 15) is 27.9 Å². The molecule has 1 aromatic heterocycles. The van der Waals surface area contributed by atoms with Gasteiger partial charge >= 0.3 is 6.18 Å². The van der Waals surface area contributed by atoms with Gasteiger partial charge in [-0.25, -0.2) is 4.68 Å². The molecule has 0 radical (unpaired) electrons. The van der Waals surface area contributed by atoms with Crippen molar-refractivity contribution in [1.82, 2.24) is 15.0 Å². The van der Waals surface area contributed by atoms with Crippen molar-refractivity contribution in [3.8, 4) is 11.3 Å². The van der Waals surface area contributed by atoms with Crippen LogP contribution in [0.3, 0.4) is 0 Å². The largest absolute Gasteiger partial charge is 0.416 e. The molecule has 0 bridgehead atoms. The number of rotatable bonds is 5. The molecule has 2 aromatic carbocycles. The summed E-state index contributed by atoms with van der Waals surface area (Å²) in [7, 11) is 0. The highest BCUT2D eigenvalue weighted by molar-refractivity contribution is 6.24. The molecule has 5 rings (SSSR count). The van der Waals surface area contributed by atoms with Crippen LogP contribution < -0.4 is 4.90 Å². The summed E-state index contributed by atoms with van der Waals surface area (Å²) in [6.45, 7) is 0.547. The number of carbonyl (C=O) groups is 2. The summed E-state index contributed by atoms with van der Waals surface area (Å²) in [6, 6.07) is 9.93. The van der Waals surface area contributed by atoms with Crippen molar-refractivity contribution in [2.45, 2.75) is 38.1 Å². The van der Waals surface area contributed by atoms with Crippen LogP contribution >= 0.6 is 0 Å². The molecule has 1 atom stereocenters. The molecule has 10 heteroatoms. The van der Waals surface area contributed by atoms with Gasteiger partial charge in [-0.15, -0.1) is 5.10 Å². The first-order valence-corrected chi connectivity index (χ1v) is 10.9.